The van der Waals surface area contributed by atoms with Crippen LogP contribution in [-0.2, 0) is 0 Å². The summed E-state index contributed by atoms with van der Waals surface area (Å²) in [6.07, 6.45) is 5.70. The van der Waals surface area contributed by atoms with Gasteiger partial charge in [0.15, 0.2) is 0 Å². The average molecular weight is 278 g/mol. The Morgan fingerprint density at radius 2 is 2.05 bits per heavy atom. The van der Waals surface area contributed by atoms with Crippen molar-refractivity contribution in [2.45, 2.75) is 52.0 Å². The van der Waals surface area contributed by atoms with E-state index in [-0.39, 0.29) is 17.9 Å². The summed E-state index contributed by atoms with van der Waals surface area (Å²) in [5, 5.41) is 3.08. The fraction of sp³-hybridized carbons (Fsp3) is 0.562. The zero-order valence-corrected chi connectivity index (χ0v) is 12.3. The lowest BCUT2D eigenvalue weighted by Crippen LogP contribution is -2.45. The van der Waals surface area contributed by atoms with Crippen LogP contribution in [0.3, 0.4) is 0 Å². The number of rotatable bonds is 3. The molecule has 0 saturated heterocycles. The van der Waals surface area contributed by atoms with E-state index in [2.05, 4.69) is 5.32 Å². The van der Waals surface area contributed by atoms with Crippen molar-refractivity contribution >= 4 is 11.7 Å². The van der Waals surface area contributed by atoms with Gasteiger partial charge in [-0.05, 0) is 44.4 Å². The van der Waals surface area contributed by atoms with Crippen molar-refractivity contribution in [1.29, 1.82) is 0 Å². The molecule has 1 aliphatic rings. The van der Waals surface area contributed by atoms with Gasteiger partial charge < -0.3 is 5.32 Å². The van der Waals surface area contributed by atoms with Gasteiger partial charge in [-0.25, -0.2) is 9.18 Å². The van der Waals surface area contributed by atoms with Crippen molar-refractivity contribution in [2.75, 3.05) is 11.4 Å². The highest BCUT2D eigenvalue weighted by Crippen LogP contribution is 2.22. The molecule has 0 spiro atoms. The molecule has 0 heterocycles. The highest BCUT2D eigenvalue weighted by Gasteiger charge is 2.21. The quantitative estimate of drug-likeness (QED) is 0.890. The molecule has 0 bridgehead atoms. The molecular formula is C16H23FN2O. The number of hydrogen-bond acceptors (Lipinski definition) is 1. The molecule has 0 aromatic heterocycles. The summed E-state index contributed by atoms with van der Waals surface area (Å²) < 4.78 is 13.4. The third-order valence-electron chi connectivity index (χ3n) is 3.96. The Kier molecular flexibility index (Phi) is 4.99. The first-order valence-corrected chi connectivity index (χ1v) is 7.46. The fourth-order valence-corrected chi connectivity index (χ4v) is 2.80. The summed E-state index contributed by atoms with van der Waals surface area (Å²) in [6, 6.07) is 4.71. The van der Waals surface area contributed by atoms with Crippen molar-refractivity contribution in [3.8, 4) is 0 Å². The van der Waals surface area contributed by atoms with E-state index >= 15 is 0 Å². The largest absolute Gasteiger partial charge is 0.335 e. The highest BCUT2D eigenvalue weighted by molar-refractivity contribution is 5.92. The number of hydrogen-bond donors (Lipinski definition) is 1. The number of halogens is 1. The molecule has 3 nitrogen and oxygen atoms in total. The van der Waals surface area contributed by atoms with Crippen LogP contribution in [-0.4, -0.2) is 18.6 Å². The molecular weight excluding hydrogens is 255 g/mol. The Hall–Kier alpha value is -1.58. The number of nitrogens with zero attached hydrogens (tertiary/aromatic N) is 1. The van der Waals surface area contributed by atoms with Crippen molar-refractivity contribution in [3.05, 3.63) is 29.6 Å². The fourth-order valence-electron chi connectivity index (χ4n) is 2.80. The summed E-state index contributed by atoms with van der Waals surface area (Å²) >= 11 is 0. The number of anilines is 1. The topological polar surface area (TPSA) is 32.3 Å². The van der Waals surface area contributed by atoms with Gasteiger partial charge in [0.05, 0.1) is 5.69 Å². The Bertz CT molecular complexity index is 470. The lowest BCUT2D eigenvalue weighted by molar-refractivity contribution is 0.238. The maximum absolute atomic E-state index is 13.4. The second-order valence-corrected chi connectivity index (χ2v) is 5.46. The van der Waals surface area contributed by atoms with Crippen molar-refractivity contribution < 1.29 is 9.18 Å². The molecule has 1 aromatic carbocycles. The van der Waals surface area contributed by atoms with E-state index in [1.165, 1.54) is 31.4 Å². The zero-order chi connectivity index (χ0) is 14.5. The van der Waals surface area contributed by atoms with Gasteiger partial charge in [0.2, 0.25) is 0 Å². The third kappa shape index (κ3) is 3.50. The molecule has 1 aliphatic carbocycles. The summed E-state index contributed by atoms with van der Waals surface area (Å²) in [5.41, 5.74) is 1.56. The van der Waals surface area contributed by atoms with Crippen LogP contribution in [0.25, 0.3) is 0 Å². The van der Waals surface area contributed by atoms with Crippen molar-refractivity contribution in [1.82, 2.24) is 5.32 Å². The molecule has 0 radical (unpaired) electrons. The van der Waals surface area contributed by atoms with Crippen molar-refractivity contribution in [3.63, 3.8) is 0 Å². The first kappa shape index (κ1) is 14.8. The molecule has 0 unspecified atom stereocenters. The number of nitrogens with one attached hydrogen (secondary N) is 1. The van der Waals surface area contributed by atoms with Crippen LogP contribution in [0, 0.1) is 12.7 Å². The predicted octanol–water partition coefficient (Wildman–Crippen LogP) is 4.00. The van der Waals surface area contributed by atoms with Crippen LogP contribution >= 0.6 is 0 Å². The second-order valence-electron chi connectivity index (χ2n) is 5.46. The lowest BCUT2D eigenvalue weighted by Gasteiger charge is -2.28. The Morgan fingerprint density at radius 3 is 2.70 bits per heavy atom. The van der Waals surface area contributed by atoms with Gasteiger partial charge in [0.25, 0.3) is 0 Å². The molecule has 0 atom stereocenters. The molecule has 1 N–H and O–H groups in total. The molecule has 4 heteroatoms. The summed E-state index contributed by atoms with van der Waals surface area (Å²) in [4.78, 5) is 14.0. The number of carbonyl (C=O) groups excluding carboxylic acids is 1. The number of urea groups is 1. The minimum atomic E-state index is -0.311. The monoisotopic (exact) mass is 278 g/mol. The van der Waals surface area contributed by atoms with Crippen LogP contribution in [0.5, 0.6) is 0 Å². The first-order chi connectivity index (χ1) is 9.61. The molecule has 0 aliphatic heterocycles. The minimum Gasteiger partial charge on any atom is -0.335 e. The van der Waals surface area contributed by atoms with Gasteiger partial charge >= 0.3 is 6.03 Å². The molecule has 110 valence electrons. The Balaban J connectivity index is 2.10. The summed E-state index contributed by atoms with van der Waals surface area (Å²) in [7, 11) is 0. The normalized spacial score (nSPS) is 15.9. The van der Waals surface area contributed by atoms with Crippen LogP contribution in [0.15, 0.2) is 18.2 Å². The van der Waals surface area contributed by atoms with Crippen LogP contribution in [0.4, 0.5) is 14.9 Å². The maximum atomic E-state index is 13.4. The summed E-state index contributed by atoms with van der Waals surface area (Å²) in [6.45, 7) is 4.33. The Labute approximate surface area is 120 Å². The third-order valence-corrected chi connectivity index (χ3v) is 3.96. The van der Waals surface area contributed by atoms with Gasteiger partial charge in [-0.3, -0.25) is 4.90 Å². The molecule has 20 heavy (non-hydrogen) atoms. The molecule has 1 saturated carbocycles. The number of carbonyl (C=O) groups is 1. The molecule has 2 amide bonds. The second kappa shape index (κ2) is 6.73. The maximum Gasteiger partial charge on any atom is 0.322 e. The number of amides is 2. The SMILES string of the molecule is CCN(C(=O)NC1CCCCC1)c1cc(F)ccc1C. The van der Waals surface area contributed by atoms with E-state index in [1.807, 2.05) is 13.8 Å². The summed E-state index contributed by atoms with van der Waals surface area (Å²) in [5.74, 6) is -0.311. The first-order valence-electron chi connectivity index (χ1n) is 7.46. The molecule has 2 rings (SSSR count). The Morgan fingerprint density at radius 1 is 1.35 bits per heavy atom. The van der Waals surface area contributed by atoms with E-state index in [0.717, 1.165) is 18.4 Å². The van der Waals surface area contributed by atoms with E-state index in [1.54, 1.807) is 11.0 Å². The smallest absolute Gasteiger partial charge is 0.322 e. The van der Waals surface area contributed by atoms with Crippen LogP contribution < -0.4 is 10.2 Å². The van der Waals surface area contributed by atoms with Gasteiger partial charge in [-0.1, -0.05) is 25.3 Å². The highest BCUT2D eigenvalue weighted by atomic mass is 19.1. The molecule has 1 aromatic rings. The van der Waals surface area contributed by atoms with Gasteiger partial charge in [0.1, 0.15) is 5.82 Å². The predicted molar refractivity (Wildman–Crippen MR) is 79.6 cm³/mol. The van der Waals surface area contributed by atoms with E-state index < -0.39 is 0 Å². The van der Waals surface area contributed by atoms with E-state index in [4.69, 9.17) is 0 Å². The van der Waals surface area contributed by atoms with E-state index in [9.17, 15) is 9.18 Å². The average Bonchev–Trinajstić information content (AvgIpc) is 2.44. The number of aryl methyl sites for hydroxylation is 1. The van der Waals surface area contributed by atoms with Crippen molar-refractivity contribution in [2.24, 2.45) is 0 Å². The minimum absolute atomic E-state index is 0.118. The van der Waals surface area contributed by atoms with Gasteiger partial charge in [-0.15, -0.1) is 0 Å². The number of benzene rings is 1. The standard InChI is InChI=1S/C16H23FN2O/c1-3-19(15-11-13(17)10-9-12(15)2)16(20)18-14-7-5-4-6-8-14/h9-11,14H,3-8H2,1-2H3,(H,18,20). The van der Waals surface area contributed by atoms with Crippen LogP contribution in [0.2, 0.25) is 0 Å². The van der Waals surface area contributed by atoms with Gasteiger partial charge in [0, 0.05) is 12.6 Å². The van der Waals surface area contributed by atoms with Gasteiger partial charge in [-0.2, -0.15) is 0 Å². The molecule has 1 fully saturated rings. The van der Waals surface area contributed by atoms with Crippen LogP contribution in [0.1, 0.15) is 44.6 Å². The van der Waals surface area contributed by atoms with E-state index in [0.29, 0.717) is 12.2 Å². The lowest BCUT2D eigenvalue weighted by atomic mass is 9.96. The zero-order valence-electron chi connectivity index (χ0n) is 12.3.